The summed E-state index contributed by atoms with van der Waals surface area (Å²) in [6.45, 7) is 3.26. The van der Waals surface area contributed by atoms with E-state index < -0.39 is 10.0 Å². The van der Waals surface area contributed by atoms with Crippen LogP contribution >= 0.6 is 27.3 Å². The van der Waals surface area contributed by atoms with Gasteiger partial charge in [0.1, 0.15) is 10.0 Å². The summed E-state index contributed by atoms with van der Waals surface area (Å²) in [5.74, 6) is 1.35. The van der Waals surface area contributed by atoms with E-state index in [1.165, 1.54) is 11.3 Å². The zero-order valence-corrected chi connectivity index (χ0v) is 14.8. The number of sulfonamides is 1. The Balaban J connectivity index is 1.65. The zero-order valence-electron chi connectivity index (χ0n) is 11.5. The van der Waals surface area contributed by atoms with Gasteiger partial charge in [0.05, 0.1) is 3.79 Å². The van der Waals surface area contributed by atoms with Crippen molar-refractivity contribution in [1.29, 1.82) is 0 Å². The zero-order chi connectivity index (χ0) is 15.0. The summed E-state index contributed by atoms with van der Waals surface area (Å²) in [5, 5.41) is 0. The molecule has 1 N–H and O–H groups in total. The fraction of sp³-hybridized carbons (Fsp3) is 0.462. The minimum absolute atomic E-state index is 0.305. The molecule has 0 radical (unpaired) electrons. The van der Waals surface area contributed by atoms with Gasteiger partial charge < -0.3 is 4.57 Å². The molecule has 114 valence electrons. The van der Waals surface area contributed by atoms with Crippen molar-refractivity contribution in [2.75, 3.05) is 6.54 Å². The molecule has 0 spiro atoms. The van der Waals surface area contributed by atoms with Gasteiger partial charge in [0.2, 0.25) is 10.0 Å². The van der Waals surface area contributed by atoms with E-state index in [2.05, 4.69) is 30.2 Å². The first-order chi connectivity index (χ1) is 9.95. The quantitative estimate of drug-likeness (QED) is 0.873. The number of nitrogens with one attached hydrogen (secondary N) is 1. The number of hydrogen-bond donors (Lipinski definition) is 1. The third-order valence-electron chi connectivity index (χ3n) is 3.71. The molecule has 0 bridgehead atoms. The molecule has 0 saturated heterocycles. The molecule has 3 heterocycles. The van der Waals surface area contributed by atoms with E-state index in [0.29, 0.717) is 16.7 Å². The topological polar surface area (TPSA) is 64.0 Å². The Morgan fingerprint density at radius 3 is 3.10 bits per heavy atom. The number of rotatable bonds is 4. The maximum atomic E-state index is 12.3. The number of halogens is 1. The number of hydrogen-bond acceptors (Lipinski definition) is 4. The Morgan fingerprint density at radius 1 is 1.57 bits per heavy atom. The van der Waals surface area contributed by atoms with Crippen LogP contribution in [0.25, 0.3) is 0 Å². The van der Waals surface area contributed by atoms with Crippen LogP contribution in [-0.2, 0) is 23.0 Å². The molecule has 3 rings (SSSR count). The molecule has 0 unspecified atom stereocenters. The van der Waals surface area contributed by atoms with Crippen molar-refractivity contribution in [2.24, 2.45) is 5.92 Å². The van der Waals surface area contributed by atoms with Crippen LogP contribution in [-0.4, -0.2) is 24.5 Å². The number of imidazole rings is 1. The van der Waals surface area contributed by atoms with Gasteiger partial charge in [0.25, 0.3) is 0 Å². The number of nitrogens with zero attached hydrogens (tertiary/aromatic N) is 2. The van der Waals surface area contributed by atoms with Crippen molar-refractivity contribution in [1.82, 2.24) is 14.3 Å². The van der Waals surface area contributed by atoms with Crippen molar-refractivity contribution in [3.05, 3.63) is 33.6 Å². The van der Waals surface area contributed by atoms with E-state index in [1.807, 2.05) is 13.1 Å². The Hall–Kier alpha value is -0.700. The molecular weight excluding hydrogens is 374 g/mol. The van der Waals surface area contributed by atoms with Crippen molar-refractivity contribution < 1.29 is 8.42 Å². The Labute approximate surface area is 136 Å². The van der Waals surface area contributed by atoms with Gasteiger partial charge in [-0.1, -0.05) is 0 Å². The number of aromatic nitrogens is 2. The van der Waals surface area contributed by atoms with Crippen LogP contribution in [0.2, 0.25) is 0 Å². The summed E-state index contributed by atoms with van der Waals surface area (Å²) < 4.78 is 30.7. The smallest absolute Gasteiger partial charge is 0.250 e. The molecule has 2 aromatic heterocycles. The third kappa shape index (κ3) is 3.23. The average molecular weight is 390 g/mol. The predicted octanol–water partition coefficient (Wildman–Crippen LogP) is 2.56. The fourth-order valence-electron chi connectivity index (χ4n) is 2.45. The maximum Gasteiger partial charge on any atom is 0.250 e. The van der Waals surface area contributed by atoms with Crippen molar-refractivity contribution in [3.8, 4) is 0 Å². The standard InChI is InChI=1S/C13H16BrN3O2S2/c1-9-6-12(20-13(9)14)21(18,19)16-8-10-2-4-17-5-3-15-11(17)7-10/h3,5-6,10,16H,2,4,7-8H2,1H3/t10-/m0/s1. The summed E-state index contributed by atoms with van der Waals surface area (Å²) in [5.41, 5.74) is 0.945. The summed E-state index contributed by atoms with van der Waals surface area (Å²) in [6.07, 6.45) is 5.57. The van der Waals surface area contributed by atoms with Crippen molar-refractivity contribution >= 4 is 37.3 Å². The Bertz CT molecular complexity index is 732. The molecule has 0 saturated carbocycles. The minimum atomic E-state index is -3.41. The molecule has 5 nitrogen and oxygen atoms in total. The van der Waals surface area contributed by atoms with Gasteiger partial charge >= 0.3 is 0 Å². The van der Waals surface area contributed by atoms with E-state index in [0.717, 1.165) is 34.6 Å². The van der Waals surface area contributed by atoms with Gasteiger partial charge in [-0.2, -0.15) is 0 Å². The molecule has 8 heteroatoms. The lowest BCUT2D eigenvalue weighted by Gasteiger charge is -2.23. The minimum Gasteiger partial charge on any atom is -0.335 e. The van der Waals surface area contributed by atoms with Crippen LogP contribution in [0.4, 0.5) is 0 Å². The number of aryl methyl sites for hydroxylation is 2. The second kappa shape index (κ2) is 5.83. The Morgan fingerprint density at radius 2 is 2.38 bits per heavy atom. The second-order valence-electron chi connectivity index (χ2n) is 5.27. The van der Waals surface area contributed by atoms with Crippen LogP contribution in [0.1, 0.15) is 17.8 Å². The lowest BCUT2D eigenvalue weighted by Crippen LogP contribution is -2.32. The van der Waals surface area contributed by atoms with E-state index in [4.69, 9.17) is 0 Å². The molecule has 0 aromatic carbocycles. The van der Waals surface area contributed by atoms with Gasteiger partial charge in [-0.15, -0.1) is 11.3 Å². The van der Waals surface area contributed by atoms with Gasteiger partial charge in [0.15, 0.2) is 0 Å². The summed E-state index contributed by atoms with van der Waals surface area (Å²) in [6, 6.07) is 1.70. The van der Waals surface area contributed by atoms with E-state index in [-0.39, 0.29) is 0 Å². The van der Waals surface area contributed by atoms with Crippen molar-refractivity contribution in [2.45, 2.75) is 30.5 Å². The summed E-state index contributed by atoms with van der Waals surface area (Å²) in [7, 11) is -3.41. The lowest BCUT2D eigenvalue weighted by atomic mass is 9.98. The van der Waals surface area contributed by atoms with Gasteiger partial charge in [-0.05, 0) is 46.8 Å². The molecule has 21 heavy (non-hydrogen) atoms. The van der Waals surface area contributed by atoms with Crippen LogP contribution in [0.15, 0.2) is 26.5 Å². The maximum absolute atomic E-state index is 12.3. The SMILES string of the molecule is Cc1cc(S(=O)(=O)NC[C@H]2CCn3ccnc3C2)sc1Br. The molecule has 1 aliphatic rings. The third-order valence-corrected chi connectivity index (χ3v) is 7.75. The molecule has 1 aliphatic heterocycles. The van der Waals surface area contributed by atoms with Crippen molar-refractivity contribution in [3.63, 3.8) is 0 Å². The predicted molar refractivity (Wildman–Crippen MR) is 86.0 cm³/mol. The second-order valence-corrected chi connectivity index (χ2v) is 9.63. The summed E-state index contributed by atoms with van der Waals surface area (Å²) >= 11 is 4.61. The van der Waals surface area contributed by atoms with E-state index in [9.17, 15) is 8.42 Å². The number of thiophene rings is 1. The molecule has 2 aromatic rings. The number of fused-ring (bicyclic) bond motifs is 1. The highest BCUT2D eigenvalue weighted by molar-refractivity contribution is 9.11. The molecular formula is C13H16BrN3O2S2. The van der Waals surface area contributed by atoms with Gasteiger partial charge in [-0.25, -0.2) is 18.1 Å². The first-order valence-corrected chi connectivity index (χ1v) is 9.80. The van der Waals surface area contributed by atoms with Gasteiger partial charge in [-0.3, -0.25) is 0 Å². The average Bonchev–Trinajstić information content (AvgIpc) is 3.04. The monoisotopic (exact) mass is 389 g/mol. The lowest BCUT2D eigenvalue weighted by molar-refractivity contribution is 0.379. The highest BCUT2D eigenvalue weighted by atomic mass is 79.9. The molecule has 0 fully saturated rings. The summed E-state index contributed by atoms with van der Waals surface area (Å²) in [4.78, 5) is 4.31. The van der Waals surface area contributed by atoms with Crippen LogP contribution in [0.3, 0.4) is 0 Å². The normalized spacial score (nSPS) is 18.7. The van der Waals surface area contributed by atoms with Crippen LogP contribution < -0.4 is 4.72 Å². The molecule has 1 atom stereocenters. The molecule has 0 aliphatic carbocycles. The highest BCUT2D eigenvalue weighted by Crippen LogP contribution is 2.30. The van der Waals surface area contributed by atoms with Crippen LogP contribution in [0, 0.1) is 12.8 Å². The first-order valence-electron chi connectivity index (χ1n) is 6.71. The van der Waals surface area contributed by atoms with E-state index in [1.54, 1.807) is 12.3 Å². The molecule has 0 amide bonds. The largest absolute Gasteiger partial charge is 0.335 e. The fourth-order valence-corrected chi connectivity index (χ4v) is 5.84. The highest BCUT2D eigenvalue weighted by Gasteiger charge is 2.23. The van der Waals surface area contributed by atoms with Gasteiger partial charge in [0, 0.05) is 31.9 Å². The van der Waals surface area contributed by atoms with Crippen LogP contribution in [0.5, 0.6) is 0 Å². The Kier molecular flexibility index (Phi) is 4.22. The first kappa shape index (κ1) is 15.2. The van der Waals surface area contributed by atoms with E-state index >= 15 is 0 Å².